The van der Waals surface area contributed by atoms with E-state index in [0.717, 1.165) is 6.07 Å². The van der Waals surface area contributed by atoms with Crippen LogP contribution in [0.2, 0.25) is 0 Å². The summed E-state index contributed by atoms with van der Waals surface area (Å²) in [6.45, 7) is 4.20. The van der Waals surface area contributed by atoms with Crippen molar-refractivity contribution in [2.45, 2.75) is 12.6 Å². The largest absolute Gasteiger partial charge is 0.417 e. The summed E-state index contributed by atoms with van der Waals surface area (Å²) >= 11 is 0. The van der Waals surface area contributed by atoms with Gasteiger partial charge in [-0.15, -0.1) is 0 Å². The minimum atomic E-state index is -4.46. The fourth-order valence-corrected chi connectivity index (χ4v) is 1.86. The smallest absolute Gasteiger partial charge is 0.370 e. The molecule has 0 bridgehead atoms. The summed E-state index contributed by atoms with van der Waals surface area (Å²) in [6, 6.07) is 6.66. The van der Waals surface area contributed by atoms with Gasteiger partial charge in [-0.3, -0.25) is 0 Å². The van der Waals surface area contributed by atoms with E-state index in [-0.39, 0.29) is 17.2 Å². The van der Waals surface area contributed by atoms with Crippen molar-refractivity contribution < 1.29 is 13.2 Å². The number of nitrogens with one attached hydrogen (secondary N) is 1. The van der Waals surface area contributed by atoms with Crippen LogP contribution in [0.3, 0.4) is 0 Å². The molecule has 1 radical (unpaired) electrons. The Morgan fingerprint density at radius 3 is 2.57 bits per heavy atom. The number of rotatable bonds is 4. The van der Waals surface area contributed by atoms with E-state index in [9.17, 15) is 13.2 Å². The van der Waals surface area contributed by atoms with Gasteiger partial charge in [-0.1, -0.05) is 25.1 Å². The van der Waals surface area contributed by atoms with E-state index >= 15 is 0 Å². The number of benzene rings is 1. The first kappa shape index (κ1) is 15.1. The molecule has 4 nitrogen and oxygen atoms in total. The molecule has 0 atom stereocenters. The van der Waals surface area contributed by atoms with Crippen molar-refractivity contribution in [3.63, 3.8) is 0 Å². The Hall–Kier alpha value is -2.31. The molecule has 0 saturated carbocycles. The summed E-state index contributed by atoms with van der Waals surface area (Å²) in [5.41, 5.74) is 4.91. The standard InChI is InChI=1S/C14H14F3N4/c1-2-7-19-12-8-11(20-13(18)21-12)9-5-3-4-6-10(9)14(15,16)17/h3-6,8H,1-2,7H2,(H3,18,19,20,21). The Bertz CT molecular complexity index is 626. The van der Waals surface area contributed by atoms with Crippen LogP contribution in [0, 0.1) is 6.92 Å². The van der Waals surface area contributed by atoms with E-state index in [2.05, 4.69) is 22.2 Å². The highest BCUT2D eigenvalue weighted by Crippen LogP contribution is 2.36. The van der Waals surface area contributed by atoms with Gasteiger partial charge in [0.25, 0.3) is 0 Å². The number of hydrogen-bond acceptors (Lipinski definition) is 4. The van der Waals surface area contributed by atoms with E-state index in [1.807, 2.05) is 0 Å². The molecular weight excluding hydrogens is 281 g/mol. The molecule has 0 fully saturated rings. The first-order chi connectivity index (χ1) is 9.91. The van der Waals surface area contributed by atoms with Gasteiger partial charge in [0.2, 0.25) is 5.95 Å². The maximum Gasteiger partial charge on any atom is 0.417 e. The second kappa shape index (κ2) is 5.99. The Morgan fingerprint density at radius 1 is 1.19 bits per heavy atom. The highest BCUT2D eigenvalue weighted by molar-refractivity contribution is 5.68. The van der Waals surface area contributed by atoms with Gasteiger partial charge in [-0.25, -0.2) is 4.98 Å². The zero-order chi connectivity index (χ0) is 15.5. The van der Waals surface area contributed by atoms with Crippen LogP contribution in [0.25, 0.3) is 11.3 Å². The van der Waals surface area contributed by atoms with Crippen LogP contribution in [0.15, 0.2) is 30.3 Å². The van der Waals surface area contributed by atoms with Crippen molar-refractivity contribution >= 4 is 11.8 Å². The van der Waals surface area contributed by atoms with Crippen LogP contribution >= 0.6 is 0 Å². The zero-order valence-corrected chi connectivity index (χ0v) is 11.1. The molecule has 2 rings (SSSR count). The van der Waals surface area contributed by atoms with E-state index in [1.54, 1.807) is 0 Å². The van der Waals surface area contributed by atoms with Gasteiger partial charge in [-0.2, -0.15) is 18.2 Å². The number of nitrogen functional groups attached to an aromatic ring is 1. The van der Waals surface area contributed by atoms with Gasteiger partial charge >= 0.3 is 6.18 Å². The minimum Gasteiger partial charge on any atom is -0.370 e. The lowest BCUT2D eigenvalue weighted by atomic mass is 10.0. The second-order valence-electron chi connectivity index (χ2n) is 4.32. The van der Waals surface area contributed by atoms with Crippen molar-refractivity contribution in [2.75, 3.05) is 17.6 Å². The summed E-state index contributed by atoms with van der Waals surface area (Å²) < 4.78 is 39.1. The molecule has 0 aliphatic carbocycles. The Labute approximate surface area is 120 Å². The van der Waals surface area contributed by atoms with Crippen LogP contribution in [0.1, 0.15) is 12.0 Å². The third kappa shape index (κ3) is 3.62. The zero-order valence-electron chi connectivity index (χ0n) is 11.1. The molecule has 1 aromatic heterocycles. The predicted molar refractivity (Wildman–Crippen MR) is 75.3 cm³/mol. The lowest BCUT2D eigenvalue weighted by molar-refractivity contribution is -0.137. The van der Waals surface area contributed by atoms with Crippen molar-refractivity contribution in [1.29, 1.82) is 0 Å². The van der Waals surface area contributed by atoms with Gasteiger partial charge in [0.05, 0.1) is 11.3 Å². The number of nitrogens with zero attached hydrogens (tertiary/aromatic N) is 2. The molecule has 1 aromatic carbocycles. The number of halogens is 3. The van der Waals surface area contributed by atoms with Gasteiger partial charge in [0, 0.05) is 18.2 Å². The summed E-state index contributed by atoms with van der Waals surface area (Å²) in [5, 5.41) is 2.93. The maximum atomic E-state index is 13.0. The average Bonchev–Trinajstić information content (AvgIpc) is 2.43. The number of anilines is 2. The molecule has 0 aliphatic rings. The summed E-state index contributed by atoms with van der Waals surface area (Å²) in [5.74, 6) is 0.286. The van der Waals surface area contributed by atoms with Gasteiger partial charge < -0.3 is 11.1 Å². The summed E-state index contributed by atoms with van der Waals surface area (Å²) in [6.07, 6.45) is -3.85. The van der Waals surface area contributed by atoms with E-state index in [4.69, 9.17) is 5.73 Å². The first-order valence-corrected chi connectivity index (χ1v) is 6.26. The molecule has 0 aliphatic heterocycles. The Kier molecular flexibility index (Phi) is 4.30. The van der Waals surface area contributed by atoms with Crippen LogP contribution < -0.4 is 11.1 Å². The van der Waals surface area contributed by atoms with Crippen molar-refractivity contribution in [1.82, 2.24) is 9.97 Å². The van der Waals surface area contributed by atoms with Crippen molar-refractivity contribution in [2.24, 2.45) is 0 Å². The third-order valence-electron chi connectivity index (χ3n) is 2.73. The second-order valence-corrected chi connectivity index (χ2v) is 4.32. The predicted octanol–water partition coefficient (Wildman–Crippen LogP) is 3.38. The number of hydrogen-bond donors (Lipinski definition) is 2. The van der Waals surface area contributed by atoms with Crippen LogP contribution in [-0.2, 0) is 6.18 Å². The molecule has 7 heteroatoms. The fraction of sp³-hybridized carbons (Fsp3) is 0.214. The Morgan fingerprint density at radius 2 is 1.90 bits per heavy atom. The van der Waals surface area contributed by atoms with Crippen molar-refractivity contribution in [3.05, 3.63) is 42.8 Å². The highest BCUT2D eigenvalue weighted by Gasteiger charge is 2.33. The number of alkyl halides is 3. The Balaban J connectivity index is 2.49. The van der Waals surface area contributed by atoms with Crippen molar-refractivity contribution in [3.8, 4) is 11.3 Å². The SMILES string of the molecule is [CH2]CCNc1cc(-c2ccccc2C(F)(F)F)nc(N)n1. The van der Waals surface area contributed by atoms with Crippen LogP contribution in [-0.4, -0.2) is 16.5 Å². The quantitative estimate of drug-likeness (QED) is 0.907. The van der Waals surface area contributed by atoms with Gasteiger partial charge in [0.15, 0.2) is 0 Å². The molecule has 0 amide bonds. The van der Waals surface area contributed by atoms with Crippen LogP contribution in [0.4, 0.5) is 24.9 Å². The summed E-state index contributed by atoms with van der Waals surface area (Å²) in [7, 11) is 0. The summed E-state index contributed by atoms with van der Waals surface area (Å²) in [4.78, 5) is 7.83. The number of aromatic nitrogens is 2. The third-order valence-corrected chi connectivity index (χ3v) is 2.73. The first-order valence-electron chi connectivity index (χ1n) is 6.26. The normalized spacial score (nSPS) is 11.4. The lowest BCUT2D eigenvalue weighted by Crippen LogP contribution is -2.09. The maximum absolute atomic E-state index is 13.0. The molecule has 0 spiro atoms. The molecule has 0 saturated heterocycles. The molecule has 111 valence electrons. The monoisotopic (exact) mass is 295 g/mol. The highest BCUT2D eigenvalue weighted by atomic mass is 19.4. The molecule has 2 aromatic rings. The fourth-order valence-electron chi connectivity index (χ4n) is 1.86. The lowest BCUT2D eigenvalue weighted by Gasteiger charge is -2.13. The average molecular weight is 295 g/mol. The van der Waals surface area contributed by atoms with Gasteiger partial charge in [0.1, 0.15) is 5.82 Å². The van der Waals surface area contributed by atoms with E-state index < -0.39 is 11.7 Å². The van der Waals surface area contributed by atoms with Gasteiger partial charge in [-0.05, 0) is 12.5 Å². The molecular formula is C14H14F3N4. The van der Waals surface area contributed by atoms with E-state index in [0.29, 0.717) is 18.8 Å². The van der Waals surface area contributed by atoms with Crippen LogP contribution in [0.5, 0.6) is 0 Å². The molecule has 3 N–H and O–H groups in total. The molecule has 1 heterocycles. The van der Waals surface area contributed by atoms with E-state index in [1.165, 1.54) is 24.3 Å². The molecule has 0 unspecified atom stereocenters. The minimum absolute atomic E-state index is 0.0308. The topological polar surface area (TPSA) is 63.8 Å². The molecule has 21 heavy (non-hydrogen) atoms. The number of nitrogens with two attached hydrogens (primary N) is 1.